The summed E-state index contributed by atoms with van der Waals surface area (Å²) in [5, 5.41) is 0. The summed E-state index contributed by atoms with van der Waals surface area (Å²) in [5.41, 5.74) is 0. The fourth-order valence-corrected chi connectivity index (χ4v) is 2.85. The molecule has 0 aromatic heterocycles. The Morgan fingerprint density at radius 1 is 1.06 bits per heavy atom. The Kier molecular flexibility index (Phi) is 3.74. The van der Waals surface area contributed by atoms with Crippen molar-refractivity contribution in [2.45, 2.75) is 38.5 Å². The molecule has 0 atom stereocenters. The van der Waals surface area contributed by atoms with Crippen molar-refractivity contribution in [3.05, 3.63) is 0 Å². The minimum Gasteiger partial charge on any atom is -0.306 e. The normalized spacial score (nSPS) is 25.9. The van der Waals surface area contributed by atoms with Crippen LogP contribution in [-0.4, -0.2) is 36.6 Å². The molecular weight excluding hydrogens is 202 g/mol. The van der Waals surface area contributed by atoms with E-state index in [-0.39, 0.29) is 11.8 Å². The third kappa shape index (κ3) is 2.70. The van der Waals surface area contributed by atoms with Gasteiger partial charge < -0.3 is 4.90 Å². The second-order valence-corrected chi connectivity index (χ2v) is 5.29. The van der Waals surface area contributed by atoms with Gasteiger partial charge in [0, 0.05) is 24.7 Å². The number of likely N-dealkylation sites (tertiary alicyclic amines) is 1. The van der Waals surface area contributed by atoms with Gasteiger partial charge >= 0.3 is 0 Å². The molecule has 1 aliphatic carbocycles. The maximum atomic E-state index is 12.2. The average molecular weight is 223 g/mol. The molecule has 0 amide bonds. The topological polar surface area (TPSA) is 37.4 Å². The summed E-state index contributed by atoms with van der Waals surface area (Å²) >= 11 is 0. The van der Waals surface area contributed by atoms with Crippen LogP contribution in [-0.2, 0) is 9.59 Å². The summed E-state index contributed by atoms with van der Waals surface area (Å²) in [5.74, 6) is 1.24. The number of hydrogen-bond acceptors (Lipinski definition) is 3. The van der Waals surface area contributed by atoms with Crippen LogP contribution in [0.15, 0.2) is 0 Å². The predicted octanol–water partition coefficient (Wildman–Crippen LogP) is 1.66. The highest BCUT2D eigenvalue weighted by molar-refractivity contribution is 5.87. The van der Waals surface area contributed by atoms with Crippen molar-refractivity contribution in [3.63, 3.8) is 0 Å². The number of piperidine rings is 1. The summed E-state index contributed by atoms with van der Waals surface area (Å²) in [4.78, 5) is 25.7. The fourth-order valence-electron chi connectivity index (χ4n) is 2.85. The van der Waals surface area contributed by atoms with E-state index in [1.54, 1.807) is 0 Å². The second kappa shape index (κ2) is 5.09. The van der Waals surface area contributed by atoms with Gasteiger partial charge in [-0.3, -0.25) is 9.59 Å². The number of hydrogen-bond donors (Lipinski definition) is 0. The van der Waals surface area contributed by atoms with Crippen LogP contribution >= 0.6 is 0 Å². The zero-order valence-corrected chi connectivity index (χ0v) is 10.1. The molecule has 90 valence electrons. The van der Waals surface area contributed by atoms with Crippen LogP contribution in [0.25, 0.3) is 0 Å². The molecule has 0 aromatic rings. The highest BCUT2D eigenvalue weighted by Gasteiger charge is 2.31. The maximum absolute atomic E-state index is 12.2. The lowest BCUT2D eigenvalue weighted by Crippen LogP contribution is -2.36. The van der Waals surface area contributed by atoms with Gasteiger partial charge in [-0.05, 0) is 45.8 Å². The number of Topliss-reactive ketones (excluding diaryl/α,β-unsaturated/α-hetero) is 2. The first kappa shape index (κ1) is 11.8. The summed E-state index contributed by atoms with van der Waals surface area (Å²) in [6.45, 7) is 2.09. The molecule has 0 N–H and O–H groups in total. The van der Waals surface area contributed by atoms with Gasteiger partial charge in [-0.1, -0.05) is 0 Å². The number of carbonyl (C=O) groups excluding carboxylic acids is 2. The van der Waals surface area contributed by atoms with E-state index in [0.29, 0.717) is 24.4 Å². The zero-order valence-electron chi connectivity index (χ0n) is 10.1. The summed E-state index contributed by atoms with van der Waals surface area (Å²) < 4.78 is 0. The first-order valence-corrected chi connectivity index (χ1v) is 6.41. The number of nitrogens with zero attached hydrogens (tertiary/aromatic N) is 1. The van der Waals surface area contributed by atoms with Gasteiger partial charge in [0.05, 0.1) is 0 Å². The van der Waals surface area contributed by atoms with Crippen LogP contribution in [0.1, 0.15) is 38.5 Å². The first-order valence-electron chi connectivity index (χ1n) is 6.41. The smallest absolute Gasteiger partial charge is 0.139 e. The highest BCUT2D eigenvalue weighted by Crippen LogP contribution is 2.28. The minimum atomic E-state index is 0.186. The van der Waals surface area contributed by atoms with Crippen molar-refractivity contribution >= 4 is 11.6 Å². The molecule has 1 heterocycles. The van der Waals surface area contributed by atoms with E-state index in [0.717, 1.165) is 38.8 Å². The third-order valence-electron chi connectivity index (χ3n) is 4.07. The first-order chi connectivity index (χ1) is 7.66. The van der Waals surface area contributed by atoms with E-state index in [1.165, 1.54) is 0 Å². The molecule has 0 bridgehead atoms. The standard InChI is InChI=1S/C13H21NO2/c1-14-8-6-11(7-9-14)13(16)10-2-4-12(15)5-3-10/h10-11H,2-9H2,1H3. The van der Waals surface area contributed by atoms with E-state index >= 15 is 0 Å². The van der Waals surface area contributed by atoms with Crippen LogP contribution in [0.2, 0.25) is 0 Å². The highest BCUT2D eigenvalue weighted by atomic mass is 16.1. The van der Waals surface area contributed by atoms with Gasteiger partial charge in [0.25, 0.3) is 0 Å². The Hall–Kier alpha value is -0.700. The Balaban J connectivity index is 1.85. The molecule has 16 heavy (non-hydrogen) atoms. The van der Waals surface area contributed by atoms with Crippen molar-refractivity contribution in [2.75, 3.05) is 20.1 Å². The second-order valence-electron chi connectivity index (χ2n) is 5.29. The monoisotopic (exact) mass is 223 g/mol. The van der Waals surface area contributed by atoms with Crippen LogP contribution in [0.4, 0.5) is 0 Å². The Labute approximate surface area is 97.2 Å². The van der Waals surface area contributed by atoms with E-state index in [1.807, 2.05) is 0 Å². The van der Waals surface area contributed by atoms with Crippen molar-refractivity contribution in [3.8, 4) is 0 Å². The van der Waals surface area contributed by atoms with Gasteiger partial charge in [0.15, 0.2) is 0 Å². The third-order valence-corrected chi connectivity index (χ3v) is 4.07. The Bertz CT molecular complexity index is 270. The van der Waals surface area contributed by atoms with Gasteiger partial charge in [-0.2, -0.15) is 0 Å². The summed E-state index contributed by atoms with van der Waals surface area (Å²) in [6.07, 6.45) is 4.90. The van der Waals surface area contributed by atoms with Crippen LogP contribution in [0.5, 0.6) is 0 Å². The summed E-state index contributed by atoms with van der Waals surface area (Å²) in [6, 6.07) is 0. The van der Waals surface area contributed by atoms with Gasteiger partial charge in [-0.25, -0.2) is 0 Å². The molecule has 1 saturated heterocycles. The predicted molar refractivity (Wildman–Crippen MR) is 62.2 cm³/mol. The molecular formula is C13H21NO2. The van der Waals surface area contributed by atoms with E-state index in [2.05, 4.69) is 11.9 Å². The minimum absolute atomic E-state index is 0.186. The largest absolute Gasteiger partial charge is 0.306 e. The van der Waals surface area contributed by atoms with Crippen LogP contribution < -0.4 is 0 Å². The lowest BCUT2D eigenvalue weighted by atomic mass is 9.78. The average Bonchev–Trinajstić information content (AvgIpc) is 2.30. The number of ketones is 2. The quantitative estimate of drug-likeness (QED) is 0.714. The van der Waals surface area contributed by atoms with E-state index in [9.17, 15) is 9.59 Å². The lowest BCUT2D eigenvalue weighted by Gasteiger charge is -2.31. The van der Waals surface area contributed by atoms with Crippen molar-refractivity contribution in [2.24, 2.45) is 11.8 Å². The molecule has 3 nitrogen and oxygen atoms in total. The van der Waals surface area contributed by atoms with Crippen LogP contribution in [0, 0.1) is 11.8 Å². The molecule has 0 spiro atoms. The van der Waals surface area contributed by atoms with Crippen molar-refractivity contribution < 1.29 is 9.59 Å². The van der Waals surface area contributed by atoms with Crippen molar-refractivity contribution in [1.82, 2.24) is 4.90 Å². The van der Waals surface area contributed by atoms with Crippen molar-refractivity contribution in [1.29, 1.82) is 0 Å². The lowest BCUT2D eigenvalue weighted by molar-refractivity contribution is -0.131. The molecule has 0 aromatic carbocycles. The van der Waals surface area contributed by atoms with E-state index in [4.69, 9.17) is 0 Å². The molecule has 1 saturated carbocycles. The Morgan fingerprint density at radius 3 is 2.12 bits per heavy atom. The van der Waals surface area contributed by atoms with Crippen LogP contribution in [0.3, 0.4) is 0 Å². The van der Waals surface area contributed by atoms with Gasteiger partial charge in [0.2, 0.25) is 0 Å². The molecule has 2 fully saturated rings. The molecule has 2 rings (SSSR count). The van der Waals surface area contributed by atoms with E-state index < -0.39 is 0 Å². The maximum Gasteiger partial charge on any atom is 0.139 e. The molecule has 0 unspecified atom stereocenters. The molecule has 1 aliphatic heterocycles. The van der Waals surface area contributed by atoms with Gasteiger partial charge in [-0.15, -0.1) is 0 Å². The summed E-state index contributed by atoms with van der Waals surface area (Å²) in [7, 11) is 2.11. The molecule has 2 aliphatic rings. The number of carbonyl (C=O) groups is 2. The fraction of sp³-hybridized carbons (Fsp3) is 0.846. The SMILES string of the molecule is CN1CCC(C(=O)C2CCC(=O)CC2)CC1. The van der Waals surface area contributed by atoms with Gasteiger partial charge in [0.1, 0.15) is 11.6 Å². The molecule has 3 heteroatoms. The Morgan fingerprint density at radius 2 is 1.56 bits per heavy atom. The molecule has 0 radical (unpaired) electrons. The number of rotatable bonds is 2. The zero-order chi connectivity index (χ0) is 11.5.